The molecule has 26 heavy (non-hydrogen) atoms. The van der Waals surface area contributed by atoms with Crippen LogP contribution < -0.4 is 5.32 Å². The quantitative estimate of drug-likeness (QED) is 0.557. The molecule has 0 aliphatic rings. The Balaban J connectivity index is 2.23. The standard InChI is InChI=1S/C21H25NO3S/c1-15(2)14-18(21(24)25-3)22-20(23)19(16-10-6-4-7-11-16)26-17-12-8-5-9-13-17/h4-13,15,18-19H,14H2,1-3H3,(H,22,23)/t18-,19-/m1/s1. The zero-order valence-corrected chi connectivity index (χ0v) is 16.2. The van der Waals surface area contributed by atoms with E-state index < -0.39 is 17.3 Å². The smallest absolute Gasteiger partial charge is 0.328 e. The zero-order chi connectivity index (χ0) is 18.9. The van der Waals surface area contributed by atoms with Crippen molar-refractivity contribution in [3.05, 3.63) is 66.2 Å². The van der Waals surface area contributed by atoms with E-state index in [1.165, 1.54) is 18.9 Å². The van der Waals surface area contributed by atoms with Gasteiger partial charge in [-0.25, -0.2) is 4.79 Å². The molecule has 1 N–H and O–H groups in total. The van der Waals surface area contributed by atoms with E-state index in [4.69, 9.17) is 4.74 Å². The lowest BCUT2D eigenvalue weighted by Crippen LogP contribution is -2.44. The van der Waals surface area contributed by atoms with Crippen molar-refractivity contribution in [1.29, 1.82) is 0 Å². The molecule has 1 amide bonds. The van der Waals surface area contributed by atoms with Crippen LogP contribution >= 0.6 is 11.8 Å². The lowest BCUT2D eigenvalue weighted by atomic mass is 10.0. The Kier molecular flexibility index (Phi) is 7.73. The topological polar surface area (TPSA) is 55.4 Å². The molecule has 2 aromatic carbocycles. The van der Waals surface area contributed by atoms with E-state index >= 15 is 0 Å². The van der Waals surface area contributed by atoms with Crippen LogP contribution in [0.1, 0.15) is 31.1 Å². The number of esters is 1. The van der Waals surface area contributed by atoms with Crippen LogP contribution in [0.3, 0.4) is 0 Å². The van der Waals surface area contributed by atoms with Crippen LogP contribution in [-0.4, -0.2) is 25.0 Å². The molecule has 0 bridgehead atoms. The van der Waals surface area contributed by atoms with Gasteiger partial charge in [0.05, 0.1) is 7.11 Å². The maximum atomic E-state index is 13.0. The summed E-state index contributed by atoms with van der Waals surface area (Å²) < 4.78 is 4.86. The van der Waals surface area contributed by atoms with Crippen molar-refractivity contribution in [2.75, 3.05) is 7.11 Å². The molecule has 0 heterocycles. The van der Waals surface area contributed by atoms with Crippen LogP contribution in [-0.2, 0) is 14.3 Å². The fourth-order valence-electron chi connectivity index (χ4n) is 2.61. The van der Waals surface area contributed by atoms with Gasteiger partial charge in [-0.3, -0.25) is 4.79 Å². The third kappa shape index (κ3) is 5.92. The molecule has 0 aromatic heterocycles. The van der Waals surface area contributed by atoms with E-state index in [1.807, 2.05) is 74.5 Å². The minimum absolute atomic E-state index is 0.193. The second kappa shape index (κ2) is 10.0. The van der Waals surface area contributed by atoms with Gasteiger partial charge in [-0.15, -0.1) is 11.8 Å². The highest BCUT2D eigenvalue weighted by atomic mass is 32.2. The summed E-state index contributed by atoms with van der Waals surface area (Å²) in [4.78, 5) is 26.1. The van der Waals surface area contributed by atoms with Gasteiger partial charge < -0.3 is 10.1 Å². The Labute approximate surface area is 159 Å². The number of methoxy groups -OCH3 is 1. The molecule has 2 aromatic rings. The van der Waals surface area contributed by atoms with Gasteiger partial charge in [0, 0.05) is 4.90 Å². The third-order valence-corrected chi connectivity index (χ3v) is 5.11. The molecular formula is C21H25NO3S. The number of amides is 1. The first-order chi connectivity index (χ1) is 12.5. The highest BCUT2D eigenvalue weighted by molar-refractivity contribution is 8.00. The summed E-state index contributed by atoms with van der Waals surface area (Å²) in [6, 6.07) is 18.7. The van der Waals surface area contributed by atoms with Crippen LogP contribution in [0.25, 0.3) is 0 Å². The maximum Gasteiger partial charge on any atom is 0.328 e. The first kappa shape index (κ1) is 20.0. The second-order valence-corrected chi connectivity index (χ2v) is 7.61. The van der Waals surface area contributed by atoms with Crippen molar-refractivity contribution in [3.63, 3.8) is 0 Å². The minimum Gasteiger partial charge on any atom is -0.467 e. The summed E-state index contributed by atoms with van der Waals surface area (Å²) in [6.07, 6.45) is 0.538. The van der Waals surface area contributed by atoms with Gasteiger partial charge in [-0.05, 0) is 30.0 Å². The van der Waals surface area contributed by atoms with Crippen molar-refractivity contribution in [2.24, 2.45) is 5.92 Å². The molecule has 0 saturated heterocycles. The van der Waals surface area contributed by atoms with E-state index in [2.05, 4.69) is 5.32 Å². The Morgan fingerprint density at radius 1 is 1.00 bits per heavy atom. The number of hydrogen-bond acceptors (Lipinski definition) is 4. The fourth-order valence-corrected chi connectivity index (χ4v) is 3.67. The number of carbonyl (C=O) groups excluding carboxylic acids is 2. The number of ether oxygens (including phenoxy) is 1. The van der Waals surface area contributed by atoms with E-state index in [0.717, 1.165) is 10.5 Å². The Morgan fingerprint density at radius 3 is 2.12 bits per heavy atom. The Bertz CT molecular complexity index is 704. The summed E-state index contributed by atoms with van der Waals surface area (Å²) in [6.45, 7) is 4.02. The lowest BCUT2D eigenvalue weighted by molar-refractivity contribution is -0.145. The summed E-state index contributed by atoms with van der Waals surface area (Å²) in [5.41, 5.74) is 0.895. The van der Waals surface area contributed by atoms with Crippen LogP contribution in [0.5, 0.6) is 0 Å². The molecule has 5 heteroatoms. The normalized spacial score (nSPS) is 13.1. The molecule has 0 fully saturated rings. The van der Waals surface area contributed by atoms with Crippen LogP contribution in [0.2, 0.25) is 0 Å². The zero-order valence-electron chi connectivity index (χ0n) is 15.3. The molecular weight excluding hydrogens is 346 g/mol. The highest BCUT2D eigenvalue weighted by Gasteiger charge is 2.28. The third-order valence-electron chi connectivity index (χ3n) is 3.85. The van der Waals surface area contributed by atoms with Crippen molar-refractivity contribution >= 4 is 23.6 Å². The van der Waals surface area contributed by atoms with Crippen LogP contribution in [0, 0.1) is 5.92 Å². The predicted octanol–water partition coefficient (Wildman–Crippen LogP) is 4.22. The van der Waals surface area contributed by atoms with E-state index in [-0.39, 0.29) is 11.8 Å². The second-order valence-electron chi connectivity index (χ2n) is 6.44. The Morgan fingerprint density at radius 2 is 1.58 bits per heavy atom. The number of carbonyl (C=O) groups is 2. The average Bonchev–Trinajstić information content (AvgIpc) is 2.66. The van der Waals surface area contributed by atoms with Crippen LogP contribution in [0.15, 0.2) is 65.6 Å². The molecule has 0 aliphatic heterocycles. The number of nitrogens with one attached hydrogen (secondary N) is 1. The van der Waals surface area contributed by atoms with Crippen molar-refractivity contribution in [3.8, 4) is 0 Å². The first-order valence-electron chi connectivity index (χ1n) is 8.66. The summed E-state index contributed by atoms with van der Waals surface area (Å²) >= 11 is 1.47. The molecule has 0 aliphatic carbocycles. The van der Waals surface area contributed by atoms with Gasteiger partial charge in [-0.2, -0.15) is 0 Å². The van der Waals surface area contributed by atoms with Crippen molar-refractivity contribution in [2.45, 2.75) is 36.5 Å². The van der Waals surface area contributed by atoms with Gasteiger partial charge in [0.25, 0.3) is 0 Å². The minimum atomic E-state index is -0.643. The van der Waals surface area contributed by atoms with E-state index in [0.29, 0.717) is 6.42 Å². The number of rotatable bonds is 8. The highest BCUT2D eigenvalue weighted by Crippen LogP contribution is 2.35. The molecule has 0 saturated carbocycles. The van der Waals surface area contributed by atoms with Crippen LogP contribution in [0.4, 0.5) is 0 Å². The number of thioether (sulfide) groups is 1. The van der Waals surface area contributed by atoms with Crippen molar-refractivity contribution < 1.29 is 14.3 Å². The van der Waals surface area contributed by atoms with Gasteiger partial charge in [0.1, 0.15) is 11.3 Å². The molecule has 0 unspecified atom stereocenters. The molecule has 0 spiro atoms. The van der Waals surface area contributed by atoms with Gasteiger partial charge in [-0.1, -0.05) is 62.4 Å². The van der Waals surface area contributed by atoms with Crippen molar-refractivity contribution in [1.82, 2.24) is 5.32 Å². The summed E-state index contributed by atoms with van der Waals surface area (Å²) in [7, 11) is 1.34. The van der Waals surface area contributed by atoms with E-state index in [1.54, 1.807) is 0 Å². The largest absolute Gasteiger partial charge is 0.467 e. The first-order valence-corrected chi connectivity index (χ1v) is 9.54. The molecule has 2 rings (SSSR count). The lowest BCUT2D eigenvalue weighted by Gasteiger charge is -2.22. The Hall–Kier alpha value is -2.27. The molecule has 0 radical (unpaired) electrons. The number of benzene rings is 2. The average molecular weight is 372 g/mol. The molecule has 2 atom stereocenters. The fraction of sp³-hybridized carbons (Fsp3) is 0.333. The maximum absolute atomic E-state index is 13.0. The monoisotopic (exact) mass is 371 g/mol. The molecule has 138 valence electrons. The number of hydrogen-bond donors (Lipinski definition) is 1. The van der Waals surface area contributed by atoms with Gasteiger partial charge in [0.15, 0.2) is 0 Å². The van der Waals surface area contributed by atoms with E-state index in [9.17, 15) is 9.59 Å². The molecule has 4 nitrogen and oxygen atoms in total. The van der Waals surface area contributed by atoms with Gasteiger partial charge in [0.2, 0.25) is 5.91 Å². The predicted molar refractivity (Wildman–Crippen MR) is 105 cm³/mol. The van der Waals surface area contributed by atoms with Gasteiger partial charge >= 0.3 is 5.97 Å². The SMILES string of the molecule is COC(=O)[C@@H](CC(C)C)NC(=O)[C@H](Sc1ccccc1)c1ccccc1. The summed E-state index contributed by atoms with van der Waals surface area (Å²) in [5, 5.41) is 2.44. The summed E-state index contributed by atoms with van der Waals surface area (Å²) in [5.74, 6) is -0.346.